The van der Waals surface area contributed by atoms with E-state index in [2.05, 4.69) is 22.5 Å². The molecular formula is C21H21N3O3. The smallest absolute Gasteiger partial charge is 0.321 e. The maximum absolute atomic E-state index is 11.8. The predicted molar refractivity (Wildman–Crippen MR) is 104 cm³/mol. The zero-order chi connectivity index (χ0) is 19.1. The second-order valence-corrected chi connectivity index (χ2v) is 6.06. The Hall–Kier alpha value is -3.46. The van der Waals surface area contributed by atoms with E-state index in [0.717, 1.165) is 16.8 Å². The molecule has 0 saturated carbocycles. The summed E-state index contributed by atoms with van der Waals surface area (Å²) < 4.78 is 5.49. The van der Waals surface area contributed by atoms with Crippen molar-refractivity contribution in [2.45, 2.75) is 6.92 Å². The number of carbonyl (C=O) groups excluding carboxylic acids is 2. The van der Waals surface area contributed by atoms with Gasteiger partial charge in [0.1, 0.15) is 5.75 Å². The second kappa shape index (κ2) is 8.77. The Bertz CT molecular complexity index is 882. The first-order valence-corrected chi connectivity index (χ1v) is 8.73. The number of urea groups is 1. The van der Waals surface area contributed by atoms with Crippen molar-refractivity contribution in [2.75, 3.05) is 31.1 Å². The van der Waals surface area contributed by atoms with Crippen LogP contribution >= 0.6 is 0 Å². The average Bonchev–Trinajstić information content (AvgIpc) is 3.11. The fourth-order valence-electron chi connectivity index (χ4n) is 2.64. The van der Waals surface area contributed by atoms with Gasteiger partial charge >= 0.3 is 6.03 Å². The second-order valence-electron chi connectivity index (χ2n) is 6.06. The van der Waals surface area contributed by atoms with Gasteiger partial charge in [-0.05, 0) is 42.8 Å². The molecule has 6 heteroatoms. The van der Waals surface area contributed by atoms with Gasteiger partial charge in [0.2, 0.25) is 0 Å². The lowest BCUT2D eigenvalue weighted by atomic mass is 10.2. The standard InChI is InChI=1S/C21H21N3O3/c1-16-5-2-3-7-19(16)27-15-20(25)22-12-4-6-17-8-10-18(11-9-17)24-14-13-23-21(24)26/h2-3,5,7-11H,12-15H2,1H3,(H,22,25)(H,23,26). The molecule has 0 aromatic heterocycles. The van der Waals surface area contributed by atoms with E-state index in [1.807, 2.05) is 55.5 Å². The highest BCUT2D eigenvalue weighted by Crippen LogP contribution is 2.17. The number of rotatable bonds is 5. The van der Waals surface area contributed by atoms with E-state index >= 15 is 0 Å². The zero-order valence-corrected chi connectivity index (χ0v) is 15.1. The minimum atomic E-state index is -0.219. The molecule has 3 amide bonds. The Labute approximate surface area is 158 Å². The molecule has 1 fully saturated rings. The Kier molecular flexibility index (Phi) is 5.95. The minimum absolute atomic E-state index is 0.0425. The number of amides is 3. The number of aryl methyl sites for hydroxylation is 1. The maximum Gasteiger partial charge on any atom is 0.321 e. The molecule has 0 atom stereocenters. The Balaban J connectivity index is 1.44. The number of carbonyl (C=O) groups is 2. The first-order chi connectivity index (χ1) is 13.1. The molecule has 1 heterocycles. The van der Waals surface area contributed by atoms with Crippen LogP contribution < -0.4 is 20.3 Å². The van der Waals surface area contributed by atoms with E-state index < -0.39 is 0 Å². The van der Waals surface area contributed by atoms with Gasteiger partial charge in [0.05, 0.1) is 6.54 Å². The number of nitrogens with one attached hydrogen (secondary N) is 2. The largest absolute Gasteiger partial charge is 0.484 e. The lowest BCUT2D eigenvalue weighted by Gasteiger charge is -2.13. The van der Waals surface area contributed by atoms with Gasteiger partial charge < -0.3 is 15.4 Å². The minimum Gasteiger partial charge on any atom is -0.484 e. The van der Waals surface area contributed by atoms with Crippen molar-refractivity contribution in [2.24, 2.45) is 0 Å². The van der Waals surface area contributed by atoms with Crippen LogP contribution in [0.25, 0.3) is 0 Å². The van der Waals surface area contributed by atoms with Gasteiger partial charge in [-0.15, -0.1) is 0 Å². The van der Waals surface area contributed by atoms with E-state index in [-0.39, 0.29) is 25.1 Å². The quantitative estimate of drug-likeness (QED) is 0.799. The molecule has 3 rings (SSSR count). The Morgan fingerprint density at radius 3 is 2.70 bits per heavy atom. The molecule has 6 nitrogen and oxygen atoms in total. The van der Waals surface area contributed by atoms with Crippen molar-refractivity contribution >= 4 is 17.6 Å². The van der Waals surface area contributed by atoms with Crippen LogP contribution in [0, 0.1) is 18.8 Å². The summed E-state index contributed by atoms with van der Waals surface area (Å²) in [6.45, 7) is 3.46. The van der Waals surface area contributed by atoms with Crippen LogP contribution in [0.2, 0.25) is 0 Å². The SMILES string of the molecule is Cc1ccccc1OCC(=O)NCC#Cc1ccc(N2CCNC2=O)cc1. The van der Waals surface area contributed by atoms with Crippen LogP contribution in [0.15, 0.2) is 48.5 Å². The molecule has 0 aliphatic carbocycles. The molecule has 0 unspecified atom stereocenters. The summed E-state index contributed by atoms with van der Waals surface area (Å²) in [4.78, 5) is 25.1. The van der Waals surface area contributed by atoms with E-state index in [9.17, 15) is 9.59 Å². The van der Waals surface area contributed by atoms with Crippen molar-refractivity contribution < 1.29 is 14.3 Å². The summed E-state index contributed by atoms with van der Waals surface area (Å²) in [6.07, 6.45) is 0. The van der Waals surface area contributed by atoms with Crippen molar-refractivity contribution in [3.8, 4) is 17.6 Å². The highest BCUT2D eigenvalue weighted by atomic mass is 16.5. The van der Waals surface area contributed by atoms with Crippen LogP contribution in [0.1, 0.15) is 11.1 Å². The molecule has 27 heavy (non-hydrogen) atoms. The maximum atomic E-state index is 11.8. The molecule has 1 saturated heterocycles. The fraction of sp³-hybridized carbons (Fsp3) is 0.238. The molecule has 138 valence electrons. The Morgan fingerprint density at radius 1 is 1.22 bits per heavy atom. The Morgan fingerprint density at radius 2 is 2.00 bits per heavy atom. The lowest BCUT2D eigenvalue weighted by Crippen LogP contribution is -2.29. The summed E-state index contributed by atoms with van der Waals surface area (Å²) in [5.74, 6) is 6.38. The summed E-state index contributed by atoms with van der Waals surface area (Å²) in [5.41, 5.74) is 2.65. The highest BCUT2D eigenvalue weighted by molar-refractivity contribution is 5.94. The van der Waals surface area contributed by atoms with E-state index in [1.54, 1.807) is 4.90 Å². The van der Waals surface area contributed by atoms with Crippen molar-refractivity contribution in [1.82, 2.24) is 10.6 Å². The summed E-state index contributed by atoms with van der Waals surface area (Å²) in [5, 5.41) is 5.47. The van der Waals surface area contributed by atoms with Gasteiger partial charge in [-0.25, -0.2) is 4.79 Å². The van der Waals surface area contributed by atoms with Crippen LogP contribution in [0.3, 0.4) is 0 Å². The molecule has 2 aromatic carbocycles. The van der Waals surface area contributed by atoms with Crippen molar-refractivity contribution in [3.05, 3.63) is 59.7 Å². The van der Waals surface area contributed by atoms with Gasteiger partial charge in [-0.1, -0.05) is 30.0 Å². The number of hydrogen-bond acceptors (Lipinski definition) is 3. The third-order valence-corrected chi connectivity index (χ3v) is 4.09. The lowest BCUT2D eigenvalue weighted by molar-refractivity contribution is -0.122. The van der Waals surface area contributed by atoms with E-state index in [4.69, 9.17) is 4.74 Å². The number of hydrogen-bond donors (Lipinski definition) is 2. The molecule has 2 aromatic rings. The third-order valence-electron chi connectivity index (χ3n) is 4.09. The number of nitrogens with zero attached hydrogens (tertiary/aromatic N) is 1. The molecule has 1 aliphatic heterocycles. The van der Waals surface area contributed by atoms with Gasteiger partial charge in [0.25, 0.3) is 5.91 Å². The highest BCUT2D eigenvalue weighted by Gasteiger charge is 2.20. The predicted octanol–water partition coefficient (Wildman–Crippen LogP) is 2.07. The normalized spacial score (nSPS) is 12.8. The molecule has 0 spiro atoms. The van der Waals surface area contributed by atoms with Crippen LogP contribution in [0.4, 0.5) is 10.5 Å². The zero-order valence-electron chi connectivity index (χ0n) is 15.1. The van der Waals surface area contributed by atoms with Crippen LogP contribution in [-0.2, 0) is 4.79 Å². The van der Waals surface area contributed by atoms with Gasteiger partial charge in [0.15, 0.2) is 6.61 Å². The molecular weight excluding hydrogens is 342 g/mol. The molecule has 2 N–H and O–H groups in total. The summed E-state index contributed by atoms with van der Waals surface area (Å²) in [6, 6.07) is 14.9. The van der Waals surface area contributed by atoms with E-state index in [0.29, 0.717) is 18.8 Å². The monoisotopic (exact) mass is 363 g/mol. The average molecular weight is 363 g/mol. The first kappa shape index (κ1) is 18.3. The van der Waals surface area contributed by atoms with Gasteiger partial charge in [-0.3, -0.25) is 9.69 Å². The van der Waals surface area contributed by atoms with Crippen molar-refractivity contribution in [1.29, 1.82) is 0 Å². The summed E-state index contributed by atoms with van der Waals surface area (Å²) >= 11 is 0. The fourth-order valence-corrected chi connectivity index (χ4v) is 2.64. The van der Waals surface area contributed by atoms with Crippen LogP contribution in [0.5, 0.6) is 5.75 Å². The van der Waals surface area contributed by atoms with Gasteiger partial charge in [-0.2, -0.15) is 0 Å². The molecule has 0 radical (unpaired) electrons. The number of ether oxygens (including phenoxy) is 1. The topological polar surface area (TPSA) is 70.7 Å². The van der Waals surface area contributed by atoms with E-state index in [1.165, 1.54) is 0 Å². The number of benzene rings is 2. The van der Waals surface area contributed by atoms with Crippen molar-refractivity contribution in [3.63, 3.8) is 0 Å². The third kappa shape index (κ3) is 5.02. The number of para-hydroxylation sites is 1. The molecule has 1 aliphatic rings. The number of anilines is 1. The van der Waals surface area contributed by atoms with Gasteiger partial charge in [0, 0.05) is 24.3 Å². The first-order valence-electron chi connectivity index (χ1n) is 8.73. The van der Waals surface area contributed by atoms with Crippen LogP contribution in [-0.4, -0.2) is 38.2 Å². The summed E-state index contributed by atoms with van der Waals surface area (Å²) in [7, 11) is 0. The molecule has 0 bridgehead atoms.